The van der Waals surface area contributed by atoms with Crippen LogP contribution in [0, 0.1) is 0 Å². The maximum absolute atomic E-state index is 12.0. The first-order valence-corrected chi connectivity index (χ1v) is 5.03. The van der Waals surface area contributed by atoms with Crippen LogP contribution < -0.4 is 4.74 Å². The van der Waals surface area contributed by atoms with Crippen LogP contribution in [0.25, 0.3) is 0 Å². The molecule has 0 spiro atoms. The molecule has 1 aromatic carbocycles. The minimum absolute atomic E-state index is 0.106. The Labute approximate surface area is 98.3 Å². The molecule has 0 atom stereocenters. The number of hydrogen-bond acceptors (Lipinski definition) is 2. The van der Waals surface area contributed by atoms with E-state index in [4.69, 9.17) is 11.6 Å². The van der Waals surface area contributed by atoms with E-state index in [1.807, 2.05) is 0 Å². The molecule has 82 valence electrons. The molecular weight excluding hydrogens is 293 g/mol. The van der Waals surface area contributed by atoms with Crippen LogP contribution in [-0.4, -0.2) is 12.4 Å². The fourth-order valence-electron chi connectivity index (χ4n) is 1.00. The predicted molar refractivity (Wildman–Crippen MR) is 55.8 cm³/mol. The molecule has 0 bridgehead atoms. The van der Waals surface area contributed by atoms with Crippen LogP contribution in [0.1, 0.15) is 17.3 Å². The summed E-state index contributed by atoms with van der Waals surface area (Å²) in [5, 5.41) is -0.106. The number of alkyl halides is 2. The molecule has 0 unspecified atom stereocenters. The van der Waals surface area contributed by atoms with Crippen LogP contribution in [-0.2, 0) is 0 Å². The Morgan fingerprint density at radius 1 is 1.53 bits per heavy atom. The van der Waals surface area contributed by atoms with Gasteiger partial charge in [-0.05, 0) is 19.1 Å². The molecule has 0 aromatic heterocycles. The Bertz CT molecular complexity index is 396. The molecule has 15 heavy (non-hydrogen) atoms. The maximum atomic E-state index is 12.0. The number of ether oxygens (including phenoxy) is 1. The third kappa shape index (κ3) is 3.14. The lowest BCUT2D eigenvalue weighted by Gasteiger charge is -2.09. The van der Waals surface area contributed by atoms with E-state index in [9.17, 15) is 13.6 Å². The van der Waals surface area contributed by atoms with Crippen LogP contribution >= 0.6 is 27.5 Å². The minimum atomic E-state index is -2.98. The summed E-state index contributed by atoms with van der Waals surface area (Å²) in [4.78, 5) is 11.1. The zero-order valence-electron chi connectivity index (χ0n) is 7.56. The number of hydrogen-bond donors (Lipinski definition) is 0. The Balaban J connectivity index is 3.22. The van der Waals surface area contributed by atoms with E-state index in [0.717, 1.165) is 0 Å². The summed E-state index contributed by atoms with van der Waals surface area (Å²) in [6.07, 6.45) is 0. The molecule has 0 N–H and O–H groups in total. The summed E-state index contributed by atoms with van der Waals surface area (Å²) in [5.74, 6) is -0.536. The highest BCUT2D eigenvalue weighted by molar-refractivity contribution is 9.10. The number of ketones is 1. The van der Waals surface area contributed by atoms with Crippen molar-refractivity contribution in [3.05, 3.63) is 27.2 Å². The molecule has 0 aliphatic carbocycles. The second-order valence-electron chi connectivity index (χ2n) is 2.70. The lowest BCUT2D eigenvalue weighted by Crippen LogP contribution is -2.04. The first-order chi connectivity index (χ1) is 6.91. The predicted octanol–water partition coefficient (Wildman–Crippen LogP) is 3.91. The SMILES string of the molecule is CC(=O)c1cc(Br)cc(OC(F)F)c1Cl. The largest absolute Gasteiger partial charge is 0.433 e. The molecule has 0 amide bonds. The molecule has 1 aromatic rings. The van der Waals surface area contributed by atoms with Crippen molar-refractivity contribution in [1.29, 1.82) is 0 Å². The van der Waals surface area contributed by atoms with E-state index in [1.54, 1.807) is 0 Å². The van der Waals surface area contributed by atoms with Crippen LogP contribution in [0.5, 0.6) is 5.75 Å². The standard InChI is InChI=1S/C9H6BrClF2O2/c1-4(14)6-2-5(10)3-7(8(6)11)15-9(12)13/h2-3,9H,1H3. The van der Waals surface area contributed by atoms with E-state index >= 15 is 0 Å². The van der Waals surface area contributed by atoms with Crippen molar-refractivity contribution in [3.63, 3.8) is 0 Å². The molecule has 0 saturated heterocycles. The molecule has 0 radical (unpaired) electrons. The van der Waals surface area contributed by atoms with Gasteiger partial charge >= 0.3 is 6.61 Å². The molecule has 2 nitrogen and oxygen atoms in total. The molecule has 0 fully saturated rings. The summed E-state index contributed by atoms with van der Waals surface area (Å²) in [5.41, 5.74) is 0.140. The van der Waals surface area contributed by atoms with Crippen LogP contribution in [0.3, 0.4) is 0 Å². The number of Topliss-reactive ketones (excluding diaryl/α,β-unsaturated/α-hetero) is 1. The van der Waals surface area contributed by atoms with Crippen molar-refractivity contribution < 1.29 is 18.3 Å². The summed E-state index contributed by atoms with van der Waals surface area (Å²) < 4.78 is 28.6. The normalized spacial score (nSPS) is 10.5. The van der Waals surface area contributed by atoms with Gasteiger partial charge in [-0.15, -0.1) is 0 Å². The van der Waals surface area contributed by atoms with Crippen molar-refractivity contribution in [3.8, 4) is 5.75 Å². The van der Waals surface area contributed by atoms with Gasteiger partial charge in [-0.2, -0.15) is 8.78 Å². The van der Waals surface area contributed by atoms with Crippen LogP contribution in [0.2, 0.25) is 5.02 Å². The quantitative estimate of drug-likeness (QED) is 0.791. The van der Waals surface area contributed by atoms with E-state index < -0.39 is 6.61 Å². The average Bonchev–Trinajstić information content (AvgIpc) is 2.09. The van der Waals surface area contributed by atoms with Crippen molar-refractivity contribution in [2.75, 3.05) is 0 Å². The maximum Gasteiger partial charge on any atom is 0.387 e. The average molecular weight is 299 g/mol. The van der Waals surface area contributed by atoms with Gasteiger partial charge in [0, 0.05) is 10.0 Å². The van der Waals surface area contributed by atoms with E-state index in [2.05, 4.69) is 20.7 Å². The summed E-state index contributed by atoms with van der Waals surface area (Å²) >= 11 is 8.79. The van der Waals surface area contributed by atoms with Gasteiger partial charge in [0.15, 0.2) is 5.78 Å². The second-order valence-corrected chi connectivity index (χ2v) is 3.99. The lowest BCUT2D eigenvalue weighted by molar-refractivity contribution is -0.0498. The van der Waals surface area contributed by atoms with Gasteiger partial charge in [-0.1, -0.05) is 27.5 Å². The molecular formula is C9H6BrClF2O2. The molecule has 1 rings (SSSR count). The second kappa shape index (κ2) is 4.90. The number of halogens is 4. The minimum Gasteiger partial charge on any atom is -0.433 e. The smallest absolute Gasteiger partial charge is 0.387 e. The third-order valence-corrected chi connectivity index (χ3v) is 2.45. The van der Waals surface area contributed by atoms with Gasteiger partial charge in [0.05, 0.1) is 5.02 Å². The molecule has 0 aliphatic rings. The summed E-state index contributed by atoms with van der Waals surface area (Å²) in [7, 11) is 0. The fraction of sp³-hybridized carbons (Fsp3) is 0.222. The zero-order chi connectivity index (χ0) is 11.6. The van der Waals surface area contributed by atoms with Crippen molar-refractivity contribution in [1.82, 2.24) is 0 Å². The molecule has 0 heterocycles. The van der Waals surface area contributed by atoms with E-state index in [0.29, 0.717) is 4.47 Å². The topological polar surface area (TPSA) is 26.3 Å². The van der Waals surface area contributed by atoms with Crippen molar-refractivity contribution >= 4 is 33.3 Å². The summed E-state index contributed by atoms with van der Waals surface area (Å²) in [6, 6.07) is 2.73. The van der Waals surface area contributed by atoms with Gasteiger partial charge in [0.2, 0.25) is 0 Å². The summed E-state index contributed by atoms with van der Waals surface area (Å²) in [6.45, 7) is -1.68. The first-order valence-electron chi connectivity index (χ1n) is 3.86. The third-order valence-electron chi connectivity index (χ3n) is 1.60. The van der Waals surface area contributed by atoms with Crippen LogP contribution in [0.4, 0.5) is 8.78 Å². The van der Waals surface area contributed by atoms with Crippen molar-refractivity contribution in [2.45, 2.75) is 13.5 Å². The van der Waals surface area contributed by atoms with E-state index in [-0.39, 0.29) is 22.1 Å². The number of carbonyl (C=O) groups is 1. The Morgan fingerprint density at radius 2 is 2.13 bits per heavy atom. The number of rotatable bonds is 3. The molecule has 0 aliphatic heterocycles. The van der Waals surface area contributed by atoms with Gasteiger partial charge in [0.1, 0.15) is 5.75 Å². The van der Waals surface area contributed by atoms with Gasteiger partial charge in [-0.3, -0.25) is 4.79 Å². The highest BCUT2D eigenvalue weighted by atomic mass is 79.9. The van der Waals surface area contributed by atoms with E-state index in [1.165, 1.54) is 19.1 Å². The highest BCUT2D eigenvalue weighted by Gasteiger charge is 2.15. The van der Waals surface area contributed by atoms with Gasteiger partial charge in [0.25, 0.3) is 0 Å². The fourth-order valence-corrected chi connectivity index (χ4v) is 1.73. The Hall–Kier alpha value is -0.680. The monoisotopic (exact) mass is 298 g/mol. The Kier molecular flexibility index (Phi) is 4.04. The molecule has 0 saturated carbocycles. The number of carbonyl (C=O) groups excluding carboxylic acids is 1. The zero-order valence-corrected chi connectivity index (χ0v) is 9.90. The Morgan fingerprint density at radius 3 is 2.60 bits per heavy atom. The van der Waals surface area contributed by atoms with Gasteiger partial charge < -0.3 is 4.74 Å². The molecule has 6 heteroatoms. The van der Waals surface area contributed by atoms with Crippen molar-refractivity contribution in [2.24, 2.45) is 0 Å². The van der Waals surface area contributed by atoms with Crippen LogP contribution in [0.15, 0.2) is 16.6 Å². The number of benzene rings is 1. The highest BCUT2D eigenvalue weighted by Crippen LogP contribution is 2.33. The van der Waals surface area contributed by atoms with Gasteiger partial charge in [-0.25, -0.2) is 0 Å². The first kappa shape index (κ1) is 12.4. The lowest BCUT2D eigenvalue weighted by atomic mass is 10.1.